The minimum atomic E-state index is -0.324. The quantitative estimate of drug-likeness (QED) is 0.786. The Hall–Kier alpha value is -1.09. The summed E-state index contributed by atoms with van der Waals surface area (Å²) in [6.45, 7) is 1.69. The number of aryl methyl sites for hydroxylation is 1. The van der Waals surface area contributed by atoms with Crippen LogP contribution in [0.2, 0.25) is 0 Å². The summed E-state index contributed by atoms with van der Waals surface area (Å²) < 4.78 is 13.2. The zero-order valence-electron chi connectivity index (χ0n) is 8.83. The van der Waals surface area contributed by atoms with Crippen LogP contribution in [0.25, 0.3) is 0 Å². The Bertz CT molecular complexity index is 374. The van der Waals surface area contributed by atoms with Crippen molar-refractivity contribution < 1.29 is 9.50 Å². The maximum absolute atomic E-state index is 13.2. The highest BCUT2D eigenvalue weighted by Crippen LogP contribution is 2.39. The average Bonchev–Trinajstić information content (AvgIpc) is 2.08. The van der Waals surface area contributed by atoms with Crippen molar-refractivity contribution in [3.63, 3.8) is 0 Å². The van der Waals surface area contributed by atoms with Gasteiger partial charge >= 0.3 is 0 Å². The Morgan fingerprint density at radius 1 is 1.47 bits per heavy atom. The van der Waals surface area contributed by atoms with Crippen molar-refractivity contribution in [3.8, 4) is 5.75 Å². The second kappa shape index (κ2) is 3.81. The molecule has 0 amide bonds. The highest BCUT2D eigenvalue weighted by atomic mass is 19.1. The van der Waals surface area contributed by atoms with E-state index in [1.54, 1.807) is 6.92 Å². The Labute approximate surface area is 88.9 Å². The fourth-order valence-electron chi connectivity index (χ4n) is 2.07. The minimum absolute atomic E-state index is 0.149. The number of phenolic OH excluding ortho intramolecular Hbond substituents is 1. The molecule has 1 saturated carbocycles. The second-order valence-corrected chi connectivity index (χ2v) is 4.38. The molecule has 1 atom stereocenters. The number of phenols is 1. The molecule has 0 saturated heterocycles. The first kappa shape index (κ1) is 10.4. The van der Waals surface area contributed by atoms with Gasteiger partial charge in [-0.1, -0.05) is 6.42 Å². The van der Waals surface area contributed by atoms with E-state index in [4.69, 9.17) is 5.73 Å². The van der Waals surface area contributed by atoms with Gasteiger partial charge in [0.25, 0.3) is 0 Å². The molecule has 82 valence electrons. The van der Waals surface area contributed by atoms with Crippen LogP contribution in [0.15, 0.2) is 12.1 Å². The lowest BCUT2D eigenvalue weighted by molar-refractivity contribution is 0.260. The van der Waals surface area contributed by atoms with Crippen LogP contribution in [-0.4, -0.2) is 5.11 Å². The number of hydrogen-bond acceptors (Lipinski definition) is 2. The van der Waals surface area contributed by atoms with Crippen molar-refractivity contribution in [1.29, 1.82) is 0 Å². The maximum atomic E-state index is 13.2. The SMILES string of the molecule is Cc1cc(F)cc([C@@H](N)C2CCC2)c1O. The van der Waals surface area contributed by atoms with E-state index in [2.05, 4.69) is 0 Å². The van der Waals surface area contributed by atoms with Crippen LogP contribution < -0.4 is 5.73 Å². The van der Waals surface area contributed by atoms with E-state index in [-0.39, 0.29) is 17.6 Å². The van der Waals surface area contributed by atoms with Crippen molar-refractivity contribution >= 4 is 0 Å². The number of rotatable bonds is 2. The summed E-state index contributed by atoms with van der Waals surface area (Å²) in [5, 5.41) is 9.81. The summed E-state index contributed by atoms with van der Waals surface area (Å²) in [7, 11) is 0. The fourth-order valence-corrected chi connectivity index (χ4v) is 2.07. The summed E-state index contributed by atoms with van der Waals surface area (Å²) >= 11 is 0. The predicted molar refractivity (Wildman–Crippen MR) is 57.1 cm³/mol. The van der Waals surface area contributed by atoms with Crippen molar-refractivity contribution in [1.82, 2.24) is 0 Å². The van der Waals surface area contributed by atoms with Gasteiger partial charge in [0.2, 0.25) is 0 Å². The molecule has 1 aliphatic carbocycles. The molecule has 0 bridgehead atoms. The van der Waals surface area contributed by atoms with Crippen LogP contribution in [-0.2, 0) is 0 Å². The molecule has 3 N–H and O–H groups in total. The lowest BCUT2D eigenvalue weighted by atomic mass is 9.77. The van der Waals surface area contributed by atoms with E-state index in [1.807, 2.05) is 0 Å². The van der Waals surface area contributed by atoms with Crippen molar-refractivity contribution in [2.24, 2.45) is 11.7 Å². The summed E-state index contributed by atoms with van der Waals surface area (Å²) in [5.41, 5.74) is 7.12. The molecule has 2 rings (SSSR count). The molecule has 0 heterocycles. The van der Waals surface area contributed by atoms with E-state index in [1.165, 1.54) is 18.6 Å². The van der Waals surface area contributed by atoms with Crippen LogP contribution in [0.1, 0.15) is 36.4 Å². The van der Waals surface area contributed by atoms with Gasteiger partial charge in [-0.3, -0.25) is 0 Å². The topological polar surface area (TPSA) is 46.2 Å². The van der Waals surface area contributed by atoms with Crippen LogP contribution in [0.5, 0.6) is 5.75 Å². The lowest BCUT2D eigenvalue weighted by Gasteiger charge is -2.32. The number of hydrogen-bond donors (Lipinski definition) is 2. The number of aromatic hydroxyl groups is 1. The molecule has 0 aromatic heterocycles. The first-order valence-electron chi connectivity index (χ1n) is 5.34. The van der Waals surface area contributed by atoms with E-state index in [0.717, 1.165) is 12.8 Å². The molecule has 0 radical (unpaired) electrons. The number of nitrogens with two attached hydrogens (primary N) is 1. The van der Waals surface area contributed by atoms with E-state index >= 15 is 0 Å². The third-order valence-corrected chi connectivity index (χ3v) is 3.31. The lowest BCUT2D eigenvalue weighted by Crippen LogP contribution is -2.27. The third-order valence-electron chi connectivity index (χ3n) is 3.31. The minimum Gasteiger partial charge on any atom is -0.507 e. The van der Waals surface area contributed by atoms with E-state index in [0.29, 0.717) is 17.0 Å². The Morgan fingerprint density at radius 3 is 2.67 bits per heavy atom. The first-order chi connectivity index (χ1) is 7.09. The van der Waals surface area contributed by atoms with Crippen molar-refractivity contribution in [2.75, 3.05) is 0 Å². The molecule has 2 nitrogen and oxygen atoms in total. The monoisotopic (exact) mass is 209 g/mol. The molecular formula is C12H16FNO. The molecule has 15 heavy (non-hydrogen) atoms. The average molecular weight is 209 g/mol. The zero-order chi connectivity index (χ0) is 11.0. The van der Waals surface area contributed by atoms with Crippen LogP contribution in [0, 0.1) is 18.7 Å². The van der Waals surface area contributed by atoms with Crippen LogP contribution in [0.4, 0.5) is 4.39 Å². The number of halogens is 1. The molecule has 0 unspecified atom stereocenters. The smallest absolute Gasteiger partial charge is 0.124 e. The Kier molecular flexibility index (Phi) is 2.65. The van der Waals surface area contributed by atoms with Crippen LogP contribution in [0.3, 0.4) is 0 Å². The van der Waals surface area contributed by atoms with Gasteiger partial charge in [-0.05, 0) is 43.4 Å². The molecule has 1 aliphatic rings. The van der Waals surface area contributed by atoms with Gasteiger partial charge in [-0.15, -0.1) is 0 Å². The van der Waals surface area contributed by atoms with E-state index in [9.17, 15) is 9.50 Å². The van der Waals surface area contributed by atoms with Gasteiger partial charge in [-0.2, -0.15) is 0 Å². The zero-order valence-corrected chi connectivity index (χ0v) is 8.83. The molecule has 1 fully saturated rings. The molecule has 1 aromatic carbocycles. The van der Waals surface area contributed by atoms with Gasteiger partial charge in [0.1, 0.15) is 11.6 Å². The Morgan fingerprint density at radius 2 is 2.13 bits per heavy atom. The highest BCUT2D eigenvalue weighted by Gasteiger charge is 2.27. The van der Waals surface area contributed by atoms with Gasteiger partial charge in [0.05, 0.1) is 0 Å². The second-order valence-electron chi connectivity index (χ2n) is 4.38. The Balaban J connectivity index is 2.33. The molecule has 1 aromatic rings. The molecule has 0 aliphatic heterocycles. The van der Waals surface area contributed by atoms with Gasteiger partial charge in [-0.25, -0.2) is 4.39 Å². The van der Waals surface area contributed by atoms with E-state index < -0.39 is 0 Å². The maximum Gasteiger partial charge on any atom is 0.124 e. The molecular weight excluding hydrogens is 193 g/mol. The summed E-state index contributed by atoms with van der Waals surface area (Å²) in [6.07, 6.45) is 3.35. The largest absolute Gasteiger partial charge is 0.507 e. The van der Waals surface area contributed by atoms with Crippen molar-refractivity contribution in [3.05, 3.63) is 29.1 Å². The normalized spacial score (nSPS) is 18.6. The summed E-state index contributed by atoms with van der Waals surface area (Å²) in [5.74, 6) is 0.225. The predicted octanol–water partition coefficient (Wildman–Crippen LogP) is 2.64. The molecule has 3 heteroatoms. The van der Waals surface area contributed by atoms with Gasteiger partial charge < -0.3 is 10.8 Å². The fraction of sp³-hybridized carbons (Fsp3) is 0.500. The first-order valence-corrected chi connectivity index (χ1v) is 5.34. The highest BCUT2D eigenvalue weighted by molar-refractivity contribution is 5.42. The summed E-state index contributed by atoms with van der Waals surface area (Å²) in [6, 6.07) is 2.45. The standard InChI is InChI=1S/C12H16FNO/c1-7-5-9(13)6-10(12(7)15)11(14)8-3-2-4-8/h5-6,8,11,15H,2-4,14H2,1H3/t11-/m0/s1. The summed E-state index contributed by atoms with van der Waals surface area (Å²) in [4.78, 5) is 0. The van der Waals surface area contributed by atoms with Crippen LogP contribution >= 0.6 is 0 Å². The van der Waals surface area contributed by atoms with Crippen molar-refractivity contribution in [2.45, 2.75) is 32.2 Å². The third kappa shape index (κ3) is 1.84. The van der Waals surface area contributed by atoms with Gasteiger partial charge in [0.15, 0.2) is 0 Å². The van der Waals surface area contributed by atoms with Gasteiger partial charge in [0, 0.05) is 11.6 Å². The molecule has 0 spiro atoms. The number of benzene rings is 1.